The van der Waals surface area contributed by atoms with Crippen molar-refractivity contribution < 1.29 is 9.47 Å². The molecule has 0 atom stereocenters. The lowest BCUT2D eigenvalue weighted by atomic mass is 10.2. The van der Waals surface area contributed by atoms with Crippen molar-refractivity contribution >= 4 is 18.4 Å². The van der Waals surface area contributed by atoms with Crippen molar-refractivity contribution in [1.29, 1.82) is 0 Å². The maximum Gasteiger partial charge on any atom is 0.216 e. The van der Waals surface area contributed by atoms with Crippen molar-refractivity contribution in [2.45, 2.75) is 19.8 Å². The van der Waals surface area contributed by atoms with Gasteiger partial charge in [-0.25, -0.2) is 0 Å². The zero-order valence-corrected chi connectivity index (χ0v) is 13.1. The van der Waals surface area contributed by atoms with E-state index < -0.39 is 0 Å². The van der Waals surface area contributed by atoms with Crippen molar-refractivity contribution in [3.8, 4) is 11.5 Å². The summed E-state index contributed by atoms with van der Waals surface area (Å²) in [6.45, 7) is 2.08. The van der Waals surface area contributed by atoms with Gasteiger partial charge < -0.3 is 9.47 Å². The molecule has 21 heavy (non-hydrogen) atoms. The van der Waals surface area contributed by atoms with Gasteiger partial charge in [0.15, 0.2) is 5.82 Å². The van der Waals surface area contributed by atoms with Crippen LogP contribution in [-0.4, -0.2) is 35.3 Å². The van der Waals surface area contributed by atoms with Crippen LogP contribution < -0.4 is 9.47 Å². The Bertz CT molecular complexity index is 691. The number of rotatable bonds is 6. The van der Waals surface area contributed by atoms with Crippen LogP contribution in [0, 0.1) is 4.77 Å². The highest BCUT2D eigenvalue weighted by Gasteiger charge is 2.05. The highest BCUT2D eigenvalue weighted by molar-refractivity contribution is 7.71. The molecule has 0 radical (unpaired) electrons. The van der Waals surface area contributed by atoms with E-state index >= 15 is 0 Å². The number of hydrogen-bond acceptors (Lipinski definition) is 5. The van der Waals surface area contributed by atoms with E-state index in [0.717, 1.165) is 30.0 Å². The molecule has 0 unspecified atom stereocenters. The van der Waals surface area contributed by atoms with Crippen LogP contribution in [0.1, 0.15) is 24.7 Å². The fourth-order valence-corrected chi connectivity index (χ4v) is 2.09. The van der Waals surface area contributed by atoms with Gasteiger partial charge in [-0.05, 0) is 36.8 Å². The van der Waals surface area contributed by atoms with Crippen molar-refractivity contribution in [3.63, 3.8) is 0 Å². The Morgan fingerprint density at radius 1 is 1.38 bits per heavy atom. The SMILES string of the molecule is CCCc1n[nH]c(=S)n1/N=C\c1cc(OC)ccc1OC. The Balaban J connectivity index is 2.37. The van der Waals surface area contributed by atoms with Crippen LogP contribution in [0.5, 0.6) is 11.5 Å². The number of aromatic nitrogens is 3. The predicted molar refractivity (Wildman–Crippen MR) is 83.9 cm³/mol. The first-order valence-electron chi connectivity index (χ1n) is 6.62. The monoisotopic (exact) mass is 306 g/mol. The van der Waals surface area contributed by atoms with Crippen LogP contribution >= 0.6 is 12.2 Å². The van der Waals surface area contributed by atoms with Crippen LogP contribution in [0.15, 0.2) is 23.3 Å². The molecule has 0 bridgehead atoms. The summed E-state index contributed by atoms with van der Waals surface area (Å²) in [4.78, 5) is 0. The Morgan fingerprint density at radius 2 is 2.19 bits per heavy atom. The van der Waals surface area contributed by atoms with Crippen LogP contribution in [-0.2, 0) is 6.42 Å². The second-order valence-electron chi connectivity index (χ2n) is 4.36. The number of ether oxygens (including phenoxy) is 2. The van der Waals surface area contributed by atoms with E-state index in [0.29, 0.717) is 10.5 Å². The average Bonchev–Trinajstić information content (AvgIpc) is 2.85. The van der Waals surface area contributed by atoms with Crippen molar-refractivity contribution in [1.82, 2.24) is 14.9 Å². The Hall–Kier alpha value is -2.15. The van der Waals surface area contributed by atoms with Crippen molar-refractivity contribution in [2.24, 2.45) is 5.10 Å². The fourth-order valence-electron chi connectivity index (χ4n) is 1.89. The minimum Gasteiger partial charge on any atom is -0.497 e. The highest BCUT2D eigenvalue weighted by Crippen LogP contribution is 2.22. The third kappa shape index (κ3) is 3.49. The van der Waals surface area contributed by atoms with E-state index in [9.17, 15) is 0 Å². The summed E-state index contributed by atoms with van der Waals surface area (Å²) in [5.74, 6) is 2.26. The van der Waals surface area contributed by atoms with Gasteiger partial charge in [-0.1, -0.05) is 6.92 Å². The molecule has 1 aromatic carbocycles. The second kappa shape index (κ2) is 7.03. The van der Waals surface area contributed by atoms with Gasteiger partial charge in [0.2, 0.25) is 4.77 Å². The third-order valence-electron chi connectivity index (χ3n) is 2.94. The molecule has 7 heteroatoms. The van der Waals surface area contributed by atoms with Crippen LogP contribution in [0.3, 0.4) is 0 Å². The van der Waals surface area contributed by atoms with Gasteiger partial charge in [-0.3, -0.25) is 5.10 Å². The average molecular weight is 306 g/mol. The summed E-state index contributed by atoms with van der Waals surface area (Å²) in [5.41, 5.74) is 0.808. The maximum absolute atomic E-state index is 5.32. The second-order valence-corrected chi connectivity index (χ2v) is 4.75. The summed E-state index contributed by atoms with van der Waals surface area (Å²) in [6, 6.07) is 5.52. The van der Waals surface area contributed by atoms with Gasteiger partial charge in [0.05, 0.1) is 20.4 Å². The first-order valence-corrected chi connectivity index (χ1v) is 7.03. The molecule has 1 N–H and O–H groups in total. The predicted octanol–water partition coefficient (Wildman–Crippen LogP) is 2.79. The molecule has 0 saturated carbocycles. The molecule has 2 aromatic rings. The molecule has 112 valence electrons. The van der Waals surface area contributed by atoms with E-state index in [-0.39, 0.29) is 0 Å². The zero-order valence-electron chi connectivity index (χ0n) is 12.3. The molecule has 0 saturated heterocycles. The number of H-pyrrole nitrogens is 1. The molecule has 2 rings (SSSR count). The van der Waals surface area contributed by atoms with E-state index in [4.69, 9.17) is 21.7 Å². The number of nitrogens with one attached hydrogen (secondary N) is 1. The summed E-state index contributed by atoms with van der Waals surface area (Å²) in [7, 11) is 3.24. The van der Waals surface area contributed by atoms with Crippen molar-refractivity contribution in [3.05, 3.63) is 34.4 Å². The zero-order chi connectivity index (χ0) is 15.2. The van der Waals surface area contributed by atoms with Gasteiger partial charge >= 0.3 is 0 Å². The molecule has 0 amide bonds. The largest absolute Gasteiger partial charge is 0.497 e. The molecule has 1 heterocycles. The Labute approximate surface area is 128 Å². The lowest BCUT2D eigenvalue weighted by Gasteiger charge is -2.06. The fraction of sp³-hybridized carbons (Fsp3) is 0.357. The number of nitrogens with zero attached hydrogens (tertiary/aromatic N) is 3. The molecule has 6 nitrogen and oxygen atoms in total. The molecular formula is C14H18N4O2S. The molecule has 0 aliphatic heterocycles. The topological polar surface area (TPSA) is 64.4 Å². The van der Waals surface area contributed by atoms with Crippen LogP contribution in [0.4, 0.5) is 0 Å². The normalized spacial score (nSPS) is 11.0. The summed E-state index contributed by atoms with van der Waals surface area (Å²) >= 11 is 5.19. The molecule has 0 fully saturated rings. The third-order valence-corrected chi connectivity index (χ3v) is 3.20. The Kier molecular flexibility index (Phi) is 5.10. The maximum atomic E-state index is 5.32. The molecule has 0 aliphatic rings. The number of hydrogen-bond donors (Lipinski definition) is 1. The van der Waals surface area contributed by atoms with Crippen LogP contribution in [0.25, 0.3) is 0 Å². The lowest BCUT2D eigenvalue weighted by molar-refractivity contribution is 0.402. The van der Waals surface area contributed by atoms with Gasteiger partial charge in [0, 0.05) is 12.0 Å². The first kappa shape index (κ1) is 15.2. The van der Waals surface area contributed by atoms with Gasteiger partial charge in [0.1, 0.15) is 11.5 Å². The quantitative estimate of drug-likeness (QED) is 0.658. The van der Waals surface area contributed by atoms with Crippen molar-refractivity contribution in [2.75, 3.05) is 14.2 Å². The van der Waals surface area contributed by atoms with Gasteiger partial charge in [-0.15, -0.1) is 0 Å². The summed E-state index contributed by atoms with van der Waals surface area (Å²) in [6.07, 6.45) is 3.46. The smallest absolute Gasteiger partial charge is 0.216 e. The van der Waals surface area contributed by atoms with E-state index in [1.165, 1.54) is 0 Å². The summed E-state index contributed by atoms with van der Waals surface area (Å²) < 4.78 is 12.6. The van der Waals surface area contributed by atoms with E-state index in [1.807, 2.05) is 18.2 Å². The molecule has 1 aromatic heterocycles. The van der Waals surface area contributed by atoms with Crippen LogP contribution in [0.2, 0.25) is 0 Å². The summed E-state index contributed by atoms with van der Waals surface area (Å²) in [5, 5.41) is 11.3. The highest BCUT2D eigenvalue weighted by atomic mass is 32.1. The first-order chi connectivity index (χ1) is 10.2. The molecule has 0 aliphatic carbocycles. The number of aromatic amines is 1. The van der Waals surface area contributed by atoms with Gasteiger partial charge in [-0.2, -0.15) is 14.9 Å². The Morgan fingerprint density at radius 3 is 2.86 bits per heavy atom. The molecular weight excluding hydrogens is 288 g/mol. The molecule has 0 spiro atoms. The van der Waals surface area contributed by atoms with E-state index in [2.05, 4.69) is 22.2 Å². The number of aryl methyl sites for hydroxylation is 1. The minimum absolute atomic E-state index is 0.469. The number of methoxy groups -OCH3 is 2. The van der Waals surface area contributed by atoms with Gasteiger partial charge in [0.25, 0.3) is 0 Å². The lowest BCUT2D eigenvalue weighted by Crippen LogP contribution is -1.99. The number of benzene rings is 1. The van der Waals surface area contributed by atoms with E-state index in [1.54, 1.807) is 25.1 Å². The standard InChI is InChI=1S/C14H18N4O2S/c1-4-5-13-16-17-14(21)18(13)15-9-10-8-11(19-2)6-7-12(10)20-3/h6-9H,4-5H2,1-3H3,(H,17,21)/b15-9-. The minimum atomic E-state index is 0.469.